The summed E-state index contributed by atoms with van der Waals surface area (Å²) >= 11 is 0. The number of aliphatic carboxylic acids is 1. The first-order valence-electron chi connectivity index (χ1n) is 13.5. The number of rotatable bonds is 4. The van der Waals surface area contributed by atoms with Gasteiger partial charge in [0.25, 0.3) is 0 Å². The van der Waals surface area contributed by atoms with E-state index >= 15 is 0 Å². The Bertz CT molecular complexity index is 1180. The molecule has 202 valence electrons. The van der Waals surface area contributed by atoms with Gasteiger partial charge in [0, 0.05) is 30.5 Å². The number of benzene rings is 2. The van der Waals surface area contributed by atoms with E-state index in [-0.39, 0.29) is 37.1 Å². The molecule has 2 fully saturated rings. The normalized spacial score (nSPS) is 24.6. The number of amides is 2. The Morgan fingerprint density at radius 2 is 1.63 bits per heavy atom. The Labute approximate surface area is 223 Å². The van der Waals surface area contributed by atoms with E-state index in [2.05, 4.69) is 29.6 Å². The lowest BCUT2D eigenvalue weighted by atomic mass is 9.72. The summed E-state index contributed by atoms with van der Waals surface area (Å²) < 4.78 is 11.4. The number of carbonyl (C=O) groups excluding carboxylic acids is 2. The molecule has 1 heterocycles. The van der Waals surface area contributed by atoms with Gasteiger partial charge in [0.1, 0.15) is 12.2 Å². The second kappa shape index (κ2) is 10.3. The van der Waals surface area contributed by atoms with Crippen LogP contribution in [0.5, 0.6) is 0 Å². The highest BCUT2D eigenvalue weighted by Crippen LogP contribution is 2.45. The highest BCUT2D eigenvalue weighted by atomic mass is 16.6. The van der Waals surface area contributed by atoms with Crippen molar-refractivity contribution in [2.24, 2.45) is 11.8 Å². The van der Waals surface area contributed by atoms with Crippen LogP contribution in [0.25, 0.3) is 11.1 Å². The van der Waals surface area contributed by atoms with Crippen LogP contribution in [-0.2, 0) is 14.3 Å². The van der Waals surface area contributed by atoms with Crippen LogP contribution in [0.1, 0.15) is 63.5 Å². The number of hydrogen-bond acceptors (Lipinski definition) is 5. The zero-order chi connectivity index (χ0) is 27.0. The van der Waals surface area contributed by atoms with Crippen molar-refractivity contribution >= 4 is 18.2 Å². The van der Waals surface area contributed by atoms with Crippen molar-refractivity contribution in [3.05, 3.63) is 59.7 Å². The SMILES string of the molecule is CC(C)(C)OC(=O)NC1CCCC2C1CC(C(=O)O)CN2C(=O)OCC1c2ccccc2-c2ccccc21. The largest absolute Gasteiger partial charge is 0.481 e. The number of ether oxygens (including phenoxy) is 2. The first kappa shape index (κ1) is 26.1. The molecule has 2 aromatic rings. The molecule has 2 amide bonds. The lowest BCUT2D eigenvalue weighted by Gasteiger charge is -2.48. The fourth-order valence-electron chi connectivity index (χ4n) is 6.43. The van der Waals surface area contributed by atoms with E-state index in [0.29, 0.717) is 12.8 Å². The first-order chi connectivity index (χ1) is 18.1. The van der Waals surface area contributed by atoms with Crippen LogP contribution in [-0.4, -0.2) is 59.0 Å². The fourth-order valence-corrected chi connectivity index (χ4v) is 6.43. The molecule has 1 aliphatic heterocycles. The number of piperidine rings is 1. The Morgan fingerprint density at radius 1 is 1.00 bits per heavy atom. The van der Waals surface area contributed by atoms with E-state index < -0.39 is 29.7 Å². The van der Waals surface area contributed by atoms with Gasteiger partial charge in [-0.3, -0.25) is 4.79 Å². The molecule has 1 saturated heterocycles. The number of nitrogens with one attached hydrogen (secondary N) is 1. The zero-order valence-electron chi connectivity index (χ0n) is 22.2. The molecule has 4 unspecified atom stereocenters. The molecule has 4 atom stereocenters. The third kappa shape index (κ3) is 5.22. The summed E-state index contributed by atoms with van der Waals surface area (Å²) in [6.07, 6.45) is 1.65. The van der Waals surface area contributed by atoms with Crippen molar-refractivity contribution in [1.82, 2.24) is 10.2 Å². The molecule has 1 saturated carbocycles. The number of hydrogen-bond donors (Lipinski definition) is 2. The van der Waals surface area contributed by atoms with E-state index in [1.165, 1.54) is 0 Å². The Morgan fingerprint density at radius 3 is 2.24 bits per heavy atom. The lowest BCUT2D eigenvalue weighted by molar-refractivity contribution is -0.145. The monoisotopic (exact) mass is 520 g/mol. The van der Waals surface area contributed by atoms with Crippen molar-refractivity contribution < 1.29 is 29.0 Å². The summed E-state index contributed by atoms with van der Waals surface area (Å²) in [4.78, 5) is 39.7. The van der Waals surface area contributed by atoms with Crippen LogP contribution >= 0.6 is 0 Å². The third-order valence-corrected chi connectivity index (χ3v) is 8.02. The molecule has 2 aromatic carbocycles. The highest BCUT2D eigenvalue weighted by Gasteiger charge is 2.47. The maximum absolute atomic E-state index is 13.5. The molecular weight excluding hydrogens is 484 g/mol. The standard InChI is InChI=1S/C30H36N2O6/c1-30(2,3)38-28(35)31-25-13-8-14-26-23(25)15-18(27(33)34)16-32(26)29(36)37-17-24-21-11-6-4-9-19(21)20-10-5-7-12-22(20)24/h4-7,9-12,18,23-26H,8,13-17H2,1-3H3,(H,31,35)(H,33,34). The maximum atomic E-state index is 13.5. The average Bonchev–Trinajstić information content (AvgIpc) is 3.19. The van der Waals surface area contributed by atoms with Crippen molar-refractivity contribution in [3.8, 4) is 11.1 Å². The summed E-state index contributed by atoms with van der Waals surface area (Å²) in [6.45, 7) is 5.69. The Hall–Kier alpha value is -3.55. The van der Waals surface area contributed by atoms with E-state index in [1.807, 2.05) is 24.3 Å². The predicted molar refractivity (Wildman–Crippen MR) is 142 cm³/mol. The summed E-state index contributed by atoms with van der Waals surface area (Å²) in [5, 5.41) is 12.8. The third-order valence-electron chi connectivity index (χ3n) is 8.02. The molecule has 2 aliphatic carbocycles. The number of nitrogens with zero attached hydrogens (tertiary/aromatic N) is 1. The van der Waals surface area contributed by atoms with E-state index in [4.69, 9.17) is 9.47 Å². The number of carboxylic acids is 1. The Balaban J connectivity index is 1.32. The lowest BCUT2D eigenvalue weighted by Crippen LogP contribution is -2.60. The Kier molecular flexibility index (Phi) is 7.07. The van der Waals surface area contributed by atoms with E-state index in [0.717, 1.165) is 35.1 Å². The molecule has 8 nitrogen and oxygen atoms in total. The molecule has 0 spiro atoms. The maximum Gasteiger partial charge on any atom is 0.410 e. The van der Waals surface area contributed by atoms with Gasteiger partial charge in [-0.05, 0) is 68.7 Å². The van der Waals surface area contributed by atoms with Gasteiger partial charge in [0.05, 0.1) is 5.92 Å². The zero-order valence-corrected chi connectivity index (χ0v) is 22.2. The van der Waals surface area contributed by atoms with Crippen LogP contribution in [0.4, 0.5) is 9.59 Å². The summed E-state index contributed by atoms with van der Waals surface area (Å²) in [5.41, 5.74) is 3.91. The van der Waals surface area contributed by atoms with Crippen molar-refractivity contribution in [2.75, 3.05) is 13.2 Å². The van der Waals surface area contributed by atoms with Crippen molar-refractivity contribution in [1.29, 1.82) is 0 Å². The van der Waals surface area contributed by atoms with Crippen LogP contribution in [0, 0.1) is 11.8 Å². The molecule has 0 radical (unpaired) electrons. The number of alkyl carbamates (subject to hydrolysis) is 1. The summed E-state index contributed by atoms with van der Waals surface area (Å²) in [5.74, 6) is -1.93. The van der Waals surface area contributed by atoms with Gasteiger partial charge in [-0.25, -0.2) is 9.59 Å². The van der Waals surface area contributed by atoms with Crippen LogP contribution in [0.3, 0.4) is 0 Å². The minimum atomic E-state index is -0.943. The van der Waals surface area contributed by atoms with E-state index in [1.54, 1.807) is 25.7 Å². The molecule has 8 heteroatoms. The van der Waals surface area contributed by atoms with Crippen molar-refractivity contribution in [3.63, 3.8) is 0 Å². The number of carbonyl (C=O) groups is 3. The quantitative estimate of drug-likeness (QED) is 0.559. The highest BCUT2D eigenvalue weighted by molar-refractivity contribution is 5.79. The van der Waals surface area contributed by atoms with Crippen LogP contribution in [0.15, 0.2) is 48.5 Å². The number of carboxylic acid groups (broad SMARTS) is 1. The average molecular weight is 521 g/mol. The van der Waals surface area contributed by atoms with Gasteiger partial charge in [-0.2, -0.15) is 0 Å². The molecule has 2 N–H and O–H groups in total. The second-order valence-electron chi connectivity index (χ2n) is 11.6. The second-order valence-corrected chi connectivity index (χ2v) is 11.6. The molecule has 5 rings (SSSR count). The fraction of sp³-hybridized carbons (Fsp3) is 0.500. The summed E-state index contributed by atoms with van der Waals surface area (Å²) in [7, 11) is 0. The molecule has 0 aromatic heterocycles. The predicted octanol–water partition coefficient (Wildman–Crippen LogP) is 5.40. The number of fused-ring (bicyclic) bond motifs is 4. The van der Waals surface area contributed by atoms with Gasteiger partial charge in [-0.1, -0.05) is 48.5 Å². The van der Waals surface area contributed by atoms with Gasteiger partial charge < -0.3 is 24.8 Å². The molecule has 0 bridgehead atoms. The van der Waals surface area contributed by atoms with Crippen LogP contribution in [0.2, 0.25) is 0 Å². The van der Waals surface area contributed by atoms with E-state index in [9.17, 15) is 19.5 Å². The number of likely N-dealkylation sites (tertiary alicyclic amines) is 1. The van der Waals surface area contributed by atoms with Gasteiger partial charge in [0.2, 0.25) is 0 Å². The van der Waals surface area contributed by atoms with Gasteiger partial charge in [0.15, 0.2) is 0 Å². The smallest absolute Gasteiger partial charge is 0.410 e. The molecule has 38 heavy (non-hydrogen) atoms. The summed E-state index contributed by atoms with van der Waals surface area (Å²) in [6, 6.07) is 15.8. The topological polar surface area (TPSA) is 105 Å². The van der Waals surface area contributed by atoms with Crippen LogP contribution < -0.4 is 5.32 Å². The van der Waals surface area contributed by atoms with Gasteiger partial charge in [-0.15, -0.1) is 0 Å². The minimum Gasteiger partial charge on any atom is -0.481 e. The molecular formula is C30H36N2O6. The first-order valence-corrected chi connectivity index (χ1v) is 13.5. The van der Waals surface area contributed by atoms with Crippen molar-refractivity contribution in [2.45, 2.75) is 70.1 Å². The minimum absolute atomic E-state index is 0.0739. The van der Waals surface area contributed by atoms with Gasteiger partial charge >= 0.3 is 18.2 Å². The molecule has 3 aliphatic rings.